The van der Waals surface area contributed by atoms with Crippen LogP contribution in [0.2, 0.25) is 0 Å². The quantitative estimate of drug-likeness (QED) is 0.904. The van der Waals surface area contributed by atoms with Gasteiger partial charge in [0.25, 0.3) is 0 Å². The highest BCUT2D eigenvalue weighted by Gasteiger charge is 2.33. The molecule has 4 nitrogen and oxygen atoms in total. The van der Waals surface area contributed by atoms with Gasteiger partial charge in [0.1, 0.15) is 0 Å². The van der Waals surface area contributed by atoms with Gasteiger partial charge in [0.05, 0.1) is 41.0 Å². The number of hydrogen-bond acceptors (Lipinski definition) is 4. The molecule has 0 radical (unpaired) electrons. The van der Waals surface area contributed by atoms with Gasteiger partial charge >= 0.3 is 6.18 Å². The Kier molecular flexibility index (Phi) is 3.98. The first-order valence-corrected chi connectivity index (χ1v) is 5.95. The van der Waals surface area contributed by atoms with Crippen molar-refractivity contribution in [2.24, 2.45) is 0 Å². The minimum atomic E-state index is -4.58. The van der Waals surface area contributed by atoms with E-state index in [2.05, 4.69) is 15.6 Å². The van der Waals surface area contributed by atoms with Crippen molar-refractivity contribution in [3.05, 3.63) is 47.8 Å². The van der Waals surface area contributed by atoms with Crippen LogP contribution >= 0.6 is 0 Å². The fourth-order valence-corrected chi connectivity index (χ4v) is 1.77. The fourth-order valence-electron chi connectivity index (χ4n) is 1.77. The third-order valence-electron chi connectivity index (χ3n) is 2.76. The minimum Gasteiger partial charge on any atom is -0.387 e. The monoisotopic (exact) mass is 292 g/mol. The Morgan fingerprint density at radius 2 is 1.81 bits per heavy atom. The van der Waals surface area contributed by atoms with Gasteiger partial charge in [-0.1, -0.05) is 0 Å². The van der Waals surface area contributed by atoms with Crippen molar-refractivity contribution < 1.29 is 13.2 Å². The molecule has 0 spiro atoms. The van der Waals surface area contributed by atoms with Crippen LogP contribution in [0.3, 0.4) is 0 Å². The number of anilines is 3. The summed E-state index contributed by atoms with van der Waals surface area (Å²) in [6, 6.07) is 6.71. The van der Waals surface area contributed by atoms with Crippen LogP contribution in [-0.2, 0) is 6.18 Å². The minimum absolute atomic E-state index is 0.233. The molecule has 21 heavy (non-hydrogen) atoms. The van der Waals surface area contributed by atoms with Crippen molar-refractivity contribution in [2.45, 2.75) is 6.18 Å². The van der Waals surface area contributed by atoms with Crippen molar-refractivity contribution in [3.63, 3.8) is 0 Å². The first-order valence-electron chi connectivity index (χ1n) is 5.95. The first kappa shape index (κ1) is 14.7. The summed E-state index contributed by atoms with van der Waals surface area (Å²) in [5, 5.41) is 14.5. The maximum Gasteiger partial charge on any atom is 0.417 e. The Morgan fingerprint density at radius 3 is 2.43 bits per heavy atom. The largest absolute Gasteiger partial charge is 0.417 e. The van der Waals surface area contributed by atoms with Crippen molar-refractivity contribution in [1.82, 2.24) is 4.98 Å². The van der Waals surface area contributed by atoms with Gasteiger partial charge in [-0.05, 0) is 24.3 Å². The van der Waals surface area contributed by atoms with Crippen LogP contribution < -0.4 is 10.6 Å². The number of rotatable bonds is 3. The molecule has 0 atom stereocenters. The number of nitriles is 1. The molecule has 1 aromatic carbocycles. The third-order valence-corrected chi connectivity index (χ3v) is 2.76. The summed E-state index contributed by atoms with van der Waals surface area (Å²) in [5.41, 5.74) is 0.128. The molecule has 0 aliphatic heterocycles. The SMILES string of the molecule is CNc1cncc(Nc2ccc(C#N)c(C(F)(F)F)c2)c1. The number of halogens is 3. The van der Waals surface area contributed by atoms with E-state index >= 15 is 0 Å². The molecule has 1 heterocycles. The average Bonchev–Trinajstić information content (AvgIpc) is 2.46. The maximum absolute atomic E-state index is 12.9. The van der Waals surface area contributed by atoms with Crippen LogP contribution in [0.25, 0.3) is 0 Å². The van der Waals surface area contributed by atoms with Crippen LogP contribution in [0.4, 0.5) is 30.2 Å². The second-order valence-corrected chi connectivity index (χ2v) is 4.21. The number of hydrogen-bond donors (Lipinski definition) is 2. The number of nitrogens with one attached hydrogen (secondary N) is 2. The number of alkyl halides is 3. The van der Waals surface area contributed by atoms with E-state index in [1.165, 1.54) is 12.3 Å². The lowest BCUT2D eigenvalue weighted by Crippen LogP contribution is -2.08. The van der Waals surface area contributed by atoms with Crippen LogP contribution in [0, 0.1) is 11.3 Å². The van der Waals surface area contributed by atoms with E-state index in [4.69, 9.17) is 5.26 Å². The number of aromatic nitrogens is 1. The van der Waals surface area contributed by atoms with Crippen molar-refractivity contribution in [1.29, 1.82) is 5.26 Å². The molecular weight excluding hydrogens is 281 g/mol. The highest BCUT2D eigenvalue weighted by atomic mass is 19.4. The predicted octanol–water partition coefficient (Wildman–Crippen LogP) is 3.76. The van der Waals surface area contributed by atoms with Gasteiger partial charge in [-0.2, -0.15) is 18.4 Å². The lowest BCUT2D eigenvalue weighted by atomic mass is 10.1. The van der Waals surface area contributed by atoms with E-state index in [-0.39, 0.29) is 5.69 Å². The molecular formula is C14H11F3N4. The molecule has 0 saturated heterocycles. The van der Waals surface area contributed by atoms with E-state index in [9.17, 15) is 13.2 Å². The van der Waals surface area contributed by atoms with E-state index in [1.807, 2.05) is 0 Å². The van der Waals surface area contributed by atoms with Crippen molar-refractivity contribution >= 4 is 17.1 Å². The van der Waals surface area contributed by atoms with Gasteiger partial charge in [-0.25, -0.2) is 0 Å². The zero-order valence-electron chi connectivity index (χ0n) is 11.0. The number of nitrogens with zero attached hydrogens (tertiary/aromatic N) is 2. The number of benzene rings is 1. The normalized spacial score (nSPS) is 10.8. The molecule has 0 bridgehead atoms. The first-order chi connectivity index (χ1) is 9.94. The van der Waals surface area contributed by atoms with E-state index < -0.39 is 17.3 Å². The van der Waals surface area contributed by atoms with Gasteiger partial charge in [0.2, 0.25) is 0 Å². The Labute approximate surface area is 119 Å². The van der Waals surface area contributed by atoms with Crippen LogP contribution in [0.15, 0.2) is 36.7 Å². The molecule has 1 aromatic heterocycles. The topological polar surface area (TPSA) is 60.7 Å². The molecule has 0 unspecified atom stereocenters. The summed E-state index contributed by atoms with van der Waals surface area (Å²) in [6.45, 7) is 0. The highest BCUT2D eigenvalue weighted by Crippen LogP contribution is 2.34. The summed E-state index contributed by atoms with van der Waals surface area (Å²) in [7, 11) is 1.71. The summed E-state index contributed by atoms with van der Waals surface area (Å²) in [6.07, 6.45) is -1.49. The van der Waals surface area contributed by atoms with E-state index in [0.29, 0.717) is 5.69 Å². The van der Waals surface area contributed by atoms with Gasteiger partial charge in [0.15, 0.2) is 0 Å². The van der Waals surface area contributed by atoms with Crippen LogP contribution in [0.5, 0.6) is 0 Å². The summed E-state index contributed by atoms with van der Waals surface area (Å²) >= 11 is 0. The average molecular weight is 292 g/mol. The lowest BCUT2D eigenvalue weighted by molar-refractivity contribution is -0.137. The molecule has 7 heteroatoms. The Morgan fingerprint density at radius 1 is 1.10 bits per heavy atom. The van der Waals surface area contributed by atoms with Gasteiger partial charge in [0, 0.05) is 12.7 Å². The zero-order chi connectivity index (χ0) is 15.5. The van der Waals surface area contributed by atoms with Crippen LogP contribution in [0.1, 0.15) is 11.1 Å². The van der Waals surface area contributed by atoms with Crippen LogP contribution in [-0.4, -0.2) is 12.0 Å². The van der Waals surface area contributed by atoms with Crippen molar-refractivity contribution in [2.75, 3.05) is 17.7 Å². The molecule has 2 rings (SSSR count). The molecule has 0 fully saturated rings. The summed E-state index contributed by atoms with van der Waals surface area (Å²) in [4.78, 5) is 3.96. The second kappa shape index (κ2) is 5.71. The fraction of sp³-hybridized carbons (Fsp3) is 0.143. The predicted molar refractivity (Wildman–Crippen MR) is 73.2 cm³/mol. The molecule has 2 N–H and O–H groups in total. The molecule has 0 aliphatic carbocycles. The molecule has 0 amide bonds. The van der Waals surface area contributed by atoms with Gasteiger partial charge in [-0.15, -0.1) is 0 Å². The van der Waals surface area contributed by atoms with Gasteiger partial charge < -0.3 is 10.6 Å². The highest BCUT2D eigenvalue weighted by molar-refractivity contribution is 5.64. The third kappa shape index (κ3) is 3.42. The Balaban J connectivity index is 2.35. The smallest absolute Gasteiger partial charge is 0.387 e. The molecule has 2 aromatic rings. The summed E-state index contributed by atoms with van der Waals surface area (Å²) in [5.74, 6) is 0. The molecule has 108 valence electrons. The van der Waals surface area contributed by atoms with Crippen molar-refractivity contribution in [3.8, 4) is 6.07 Å². The van der Waals surface area contributed by atoms with E-state index in [0.717, 1.165) is 17.8 Å². The van der Waals surface area contributed by atoms with E-state index in [1.54, 1.807) is 25.4 Å². The lowest BCUT2D eigenvalue weighted by Gasteiger charge is -2.12. The Bertz CT molecular complexity index is 689. The van der Waals surface area contributed by atoms with Gasteiger partial charge in [-0.3, -0.25) is 4.98 Å². The molecule has 0 saturated carbocycles. The number of pyridine rings is 1. The summed E-state index contributed by atoms with van der Waals surface area (Å²) < 4.78 is 38.6. The maximum atomic E-state index is 12.9. The zero-order valence-corrected chi connectivity index (χ0v) is 11.0. The second-order valence-electron chi connectivity index (χ2n) is 4.21. The standard InChI is InChI=1S/C14H11F3N4/c1-19-11-4-12(8-20-7-11)21-10-3-2-9(6-18)13(5-10)14(15,16)17/h2-5,7-8,19,21H,1H3. The Hall–Kier alpha value is -2.75. The molecule has 0 aliphatic rings.